The molecule has 7 nitrogen and oxygen atoms in total. The molecule has 0 spiro atoms. The molecular weight excluding hydrogens is 1050 g/mol. The number of aromatic nitrogens is 6. The zero-order valence-electron chi connectivity index (χ0n) is 45.9. The number of nitrogens with zero attached hydrogens (tertiary/aromatic N) is 7. The summed E-state index contributed by atoms with van der Waals surface area (Å²) in [5.41, 5.74) is 13.0. The summed E-state index contributed by atoms with van der Waals surface area (Å²) < 4.78 is 9.31. The average Bonchev–Trinajstić information content (AvgIpc) is 3.08. The average molecular weight is 1100 g/mol. The van der Waals surface area contributed by atoms with Crippen LogP contribution >= 0.6 is 0 Å². The van der Waals surface area contributed by atoms with Gasteiger partial charge < -0.3 is 9.13 Å². The molecule has 0 atom stereocenters. The van der Waals surface area contributed by atoms with Gasteiger partial charge in [0.05, 0.1) is 61.5 Å². The van der Waals surface area contributed by atoms with Gasteiger partial charge in [-0.15, -0.1) is 0 Å². The quantitative estimate of drug-likeness (QED) is 0.107. The van der Waals surface area contributed by atoms with Crippen molar-refractivity contribution in [1.82, 2.24) is 28.2 Å². The van der Waals surface area contributed by atoms with Crippen molar-refractivity contribution in [3.8, 4) is 40.5 Å². The van der Waals surface area contributed by atoms with E-state index in [-0.39, 0.29) is 0 Å². The predicted octanol–water partition coefficient (Wildman–Crippen LogP) is 15.8. The Morgan fingerprint density at radius 3 is 1.25 bits per heavy atom. The molecule has 85 heavy (non-hydrogen) atoms. The first-order valence-corrected chi connectivity index (χ1v) is 30.8. The molecule has 17 rings (SSSR count). The van der Waals surface area contributed by atoms with Gasteiger partial charge in [-0.2, -0.15) is 10.2 Å². The van der Waals surface area contributed by atoms with Crippen LogP contribution in [0, 0.1) is 11.3 Å². The molecule has 0 aliphatic heterocycles. The van der Waals surface area contributed by atoms with Crippen LogP contribution in [0.5, 0.6) is 0 Å². The maximum atomic E-state index is 10.0. The summed E-state index contributed by atoms with van der Waals surface area (Å²) in [7, 11) is -2.96. The summed E-state index contributed by atoms with van der Waals surface area (Å²) in [5, 5.41) is 24.2. The monoisotopic (exact) mass is 1100 g/mol. The Morgan fingerprint density at radius 2 is 0.694 bits per heavy atom. The van der Waals surface area contributed by atoms with Crippen LogP contribution in [-0.2, 0) is 0 Å². The largest absolute Gasteiger partial charge is 0.309 e. The van der Waals surface area contributed by atoms with Crippen molar-refractivity contribution in [2.24, 2.45) is 0 Å². The maximum Gasteiger partial charge on any atom is 0.237 e. The van der Waals surface area contributed by atoms with Gasteiger partial charge in [-0.25, -0.2) is 4.98 Å². The van der Waals surface area contributed by atoms with Crippen LogP contribution in [0.2, 0.25) is 0 Å². The van der Waals surface area contributed by atoms with Gasteiger partial charge in [0.15, 0.2) is 8.07 Å². The van der Waals surface area contributed by atoms with Crippen molar-refractivity contribution in [2.75, 3.05) is 0 Å². The van der Waals surface area contributed by atoms with Crippen LogP contribution in [0.1, 0.15) is 5.56 Å². The van der Waals surface area contributed by atoms with E-state index in [2.05, 4.69) is 309 Å². The van der Waals surface area contributed by atoms with Crippen LogP contribution in [0.25, 0.3) is 122 Å². The van der Waals surface area contributed by atoms with Crippen molar-refractivity contribution in [3.63, 3.8) is 0 Å². The molecule has 0 radical (unpaired) electrons. The Bertz CT molecular complexity index is 5420. The molecule has 0 bridgehead atoms. The number of hydrogen-bond donors (Lipinski definition) is 0. The second-order valence-electron chi connectivity index (χ2n) is 22.0. The number of nitriles is 1. The van der Waals surface area contributed by atoms with E-state index in [9.17, 15) is 5.26 Å². The molecule has 12 aromatic carbocycles. The van der Waals surface area contributed by atoms with Gasteiger partial charge in [0.25, 0.3) is 0 Å². The van der Waals surface area contributed by atoms with Crippen molar-refractivity contribution in [1.29, 1.82) is 5.26 Å². The zero-order valence-corrected chi connectivity index (χ0v) is 46.9. The summed E-state index contributed by atoms with van der Waals surface area (Å²) in [6.45, 7) is 0. The van der Waals surface area contributed by atoms with Crippen molar-refractivity contribution < 1.29 is 0 Å². The Hall–Kier alpha value is -11.4. The molecule has 17 aromatic rings. The summed E-state index contributed by atoms with van der Waals surface area (Å²) >= 11 is 0. The number of hydrogen-bond acceptors (Lipinski definition) is 3. The van der Waals surface area contributed by atoms with E-state index in [1.807, 2.05) is 12.1 Å². The molecule has 396 valence electrons. The summed E-state index contributed by atoms with van der Waals surface area (Å²) in [6, 6.07) is 110. The maximum absolute atomic E-state index is 10.0. The Balaban J connectivity index is 0.946. The molecule has 5 aromatic heterocycles. The van der Waals surface area contributed by atoms with Gasteiger partial charge in [0.1, 0.15) is 5.82 Å². The molecule has 0 aliphatic carbocycles. The van der Waals surface area contributed by atoms with E-state index in [0.717, 1.165) is 105 Å². The molecule has 8 heteroatoms. The first-order valence-electron chi connectivity index (χ1n) is 28.8. The zero-order chi connectivity index (χ0) is 56.2. The van der Waals surface area contributed by atoms with Crippen LogP contribution in [0.4, 0.5) is 0 Å². The third-order valence-electron chi connectivity index (χ3n) is 17.6. The lowest BCUT2D eigenvalue weighted by molar-refractivity contribution is 0.951. The minimum atomic E-state index is -2.96. The van der Waals surface area contributed by atoms with Crippen LogP contribution in [0.3, 0.4) is 0 Å². The van der Waals surface area contributed by atoms with Gasteiger partial charge in [-0.05, 0) is 99.6 Å². The lowest BCUT2D eigenvalue weighted by Gasteiger charge is -2.34. The van der Waals surface area contributed by atoms with Crippen molar-refractivity contribution >= 4 is 116 Å². The van der Waals surface area contributed by atoms with Gasteiger partial charge in [-0.3, -0.25) is 9.13 Å². The Morgan fingerprint density at radius 1 is 0.282 bits per heavy atom. The van der Waals surface area contributed by atoms with Gasteiger partial charge in [-0.1, -0.05) is 212 Å². The molecule has 0 unspecified atom stereocenters. The first kappa shape index (κ1) is 48.3. The molecule has 0 amide bonds. The minimum absolute atomic E-state index is 0.559. The number of fused-ring (bicyclic) bond motifs is 12. The second-order valence-corrected chi connectivity index (χ2v) is 25.8. The van der Waals surface area contributed by atoms with E-state index in [0.29, 0.717) is 11.5 Å². The van der Waals surface area contributed by atoms with Gasteiger partial charge in [0.2, 0.25) is 5.95 Å². The second kappa shape index (κ2) is 19.1. The molecule has 5 heterocycles. The fourth-order valence-corrected chi connectivity index (χ4v) is 18.7. The Labute approximate surface area is 490 Å². The fourth-order valence-electron chi connectivity index (χ4n) is 13.9. The fraction of sp³-hybridized carbons (Fsp3) is 0. The lowest BCUT2D eigenvalue weighted by Crippen LogP contribution is -2.74. The topological polar surface area (TPSA) is 69.3 Å². The summed E-state index contributed by atoms with van der Waals surface area (Å²) in [5.74, 6) is 1.30. The van der Waals surface area contributed by atoms with E-state index in [4.69, 9.17) is 9.97 Å². The third kappa shape index (κ3) is 7.31. The standard InChI is InChI=1S/C77H49N7Si/c78-50-51-39-43-73-65(45-51)62-32-13-17-36-70(62)82(73)54-40-42-64-61-31-12-18-37-71(61)83(75(64)48-54)76-49-67(52-21-20-28-58(46-52)85(55-22-4-1-5-23-55,56-24-6-2-7-25-56)57-26-8-3-9-27-57)79-77(80-76)84-72-38-19-14-33-63(72)66-47-53(41-44-74(66)84)81-68-34-15-10-29-59(68)60-30-11-16-35-69(60)81/h1-49H. The predicted molar refractivity (Wildman–Crippen MR) is 353 cm³/mol. The highest BCUT2D eigenvalue weighted by molar-refractivity contribution is 7.19. The van der Waals surface area contributed by atoms with Crippen molar-refractivity contribution in [2.45, 2.75) is 0 Å². The minimum Gasteiger partial charge on any atom is -0.309 e. The molecular formula is C77H49N7Si. The summed E-state index contributed by atoms with van der Waals surface area (Å²) in [6.07, 6.45) is 0. The SMILES string of the molecule is N#Cc1ccc2c(c1)c1ccccc1n2-c1ccc2c3ccccc3n(-c3cc(-c4cccc([Si](c5ccccc5)(c5ccccc5)c5ccccc5)c4)nc(-n4c5ccccc5c5cc(-n6c7ccccc7c7ccccc76)ccc54)n3)c2c1. The first-order chi connectivity index (χ1) is 42.1. The van der Waals surface area contributed by atoms with Crippen molar-refractivity contribution in [3.05, 3.63) is 303 Å². The highest BCUT2D eigenvalue weighted by Gasteiger charge is 2.41. The lowest BCUT2D eigenvalue weighted by atomic mass is 10.1. The molecule has 0 saturated heterocycles. The normalized spacial score (nSPS) is 12.0. The van der Waals surface area contributed by atoms with Crippen LogP contribution in [-0.4, -0.2) is 36.3 Å². The highest BCUT2D eigenvalue weighted by atomic mass is 28.3. The van der Waals surface area contributed by atoms with Gasteiger partial charge in [0, 0.05) is 66.1 Å². The molecule has 0 N–H and O–H groups in total. The van der Waals surface area contributed by atoms with Crippen LogP contribution in [0.15, 0.2) is 297 Å². The van der Waals surface area contributed by atoms with E-state index >= 15 is 0 Å². The molecule has 0 fully saturated rings. The number of para-hydroxylation sites is 5. The molecule has 0 aliphatic rings. The van der Waals surface area contributed by atoms with Gasteiger partial charge >= 0.3 is 0 Å². The van der Waals surface area contributed by atoms with E-state index in [1.165, 1.54) is 31.5 Å². The summed E-state index contributed by atoms with van der Waals surface area (Å²) in [4.78, 5) is 11.6. The Kier molecular flexibility index (Phi) is 10.9. The highest BCUT2D eigenvalue weighted by Crippen LogP contribution is 2.40. The smallest absolute Gasteiger partial charge is 0.237 e. The number of rotatable bonds is 9. The number of benzene rings is 12. The van der Waals surface area contributed by atoms with E-state index in [1.54, 1.807) is 0 Å². The van der Waals surface area contributed by atoms with E-state index < -0.39 is 8.07 Å². The van der Waals surface area contributed by atoms with Crippen LogP contribution < -0.4 is 20.7 Å². The third-order valence-corrected chi connectivity index (χ3v) is 22.3. The molecule has 0 saturated carbocycles.